The van der Waals surface area contributed by atoms with Crippen molar-refractivity contribution in [1.29, 1.82) is 0 Å². The Morgan fingerprint density at radius 1 is 0.967 bits per heavy atom. The van der Waals surface area contributed by atoms with E-state index in [4.69, 9.17) is 8.94 Å². The smallest absolute Gasteiger partial charge is 0.253 e. The largest absolute Gasteiger partial charge is 0.419 e. The molecule has 8 heteroatoms. The van der Waals surface area contributed by atoms with Crippen LogP contribution in [0.5, 0.6) is 0 Å². The van der Waals surface area contributed by atoms with Gasteiger partial charge in [0.05, 0.1) is 23.3 Å². The summed E-state index contributed by atoms with van der Waals surface area (Å²) in [6.07, 6.45) is 0. The summed E-state index contributed by atoms with van der Waals surface area (Å²) < 4.78 is 12.6. The van der Waals surface area contributed by atoms with E-state index in [1.165, 1.54) is 4.70 Å². The minimum absolute atomic E-state index is 0.413. The fourth-order valence-corrected chi connectivity index (χ4v) is 4.39. The zero-order valence-electron chi connectivity index (χ0n) is 16.6. The zero-order valence-corrected chi connectivity index (χ0v) is 17.4. The lowest BCUT2D eigenvalue weighted by Crippen LogP contribution is -2.17. The first-order chi connectivity index (χ1) is 14.7. The number of aromatic nitrogens is 4. The number of hydrogen-bond donors (Lipinski definition) is 0. The lowest BCUT2D eigenvalue weighted by atomic mass is 10.1. The van der Waals surface area contributed by atoms with Gasteiger partial charge >= 0.3 is 0 Å². The molecule has 7 nitrogen and oxygen atoms in total. The summed E-state index contributed by atoms with van der Waals surface area (Å²) in [4.78, 5) is 6.79. The highest BCUT2D eigenvalue weighted by Crippen LogP contribution is 2.33. The van der Waals surface area contributed by atoms with Crippen LogP contribution in [0.4, 0.5) is 0 Å². The minimum Gasteiger partial charge on any atom is -0.419 e. The Labute approximate surface area is 177 Å². The molecule has 0 amide bonds. The fourth-order valence-electron chi connectivity index (χ4n) is 3.34. The van der Waals surface area contributed by atoms with Crippen molar-refractivity contribution >= 4 is 21.6 Å². The van der Waals surface area contributed by atoms with Crippen LogP contribution in [0.3, 0.4) is 0 Å². The van der Waals surface area contributed by atoms with E-state index in [0.717, 1.165) is 21.7 Å². The van der Waals surface area contributed by atoms with Crippen LogP contribution >= 0.6 is 11.3 Å². The maximum Gasteiger partial charge on any atom is 0.253 e. The molecule has 0 aliphatic rings. The van der Waals surface area contributed by atoms with Crippen molar-refractivity contribution in [2.75, 3.05) is 7.05 Å². The topological polar surface area (TPSA) is 81.1 Å². The first-order valence-corrected chi connectivity index (χ1v) is 10.4. The summed E-state index contributed by atoms with van der Waals surface area (Å²) in [6.45, 7) is 3.07. The summed E-state index contributed by atoms with van der Waals surface area (Å²) in [5, 5.41) is 13.7. The maximum absolute atomic E-state index is 5.96. The van der Waals surface area contributed by atoms with Gasteiger partial charge in [0.2, 0.25) is 5.89 Å². The highest BCUT2D eigenvalue weighted by molar-refractivity contribution is 7.18. The lowest BCUT2D eigenvalue weighted by Gasteiger charge is -2.11. The van der Waals surface area contributed by atoms with Gasteiger partial charge in [-0.05, 0) is 26.1 Å². The van der Waals surface area contributed by atoms with Crippen molar-refractivity contribution in [2.24, 2.45) is 0 Å². The molecule has 0 fully saturated rings. The van der Waals surface area contributed by atoms with Crippen molar-refractivity contribution in [3.05, 3.63) is 71.3 Å². The van der Waals surface area contributed by atoms with Gasteiger partial charge in [0, 0.05) is 5.56 Å². The van der Waals surface area contributed by atoms with Crippen LogP contribution in [-0.2, 0) is 13.1 Å². The monoisotopic (exact) mass is 417 g/mol. The van der Waals surface area contributed by atoms with Crippen LogP contribution in [0.15, 0.2) is 63.5 Å². The molecule has 0 aliphatic carbocycles. The molecule has 2 aromatic carbocycles. The van der Waals surface area contributed by atoms with Crippen molar-refractivity contribution in [1.82, 2.24) is 25.2 Å². The second-order valence-corrected chi connectivity index (χ2v) is 8.19. The third-order valence-corrected chi connectivity index (χ3v) is 5.76. The van der Waals surface area contributed by atoms with Gasteiger partial charge in [-0.15, -0.1) is 21.5 Å². The number of para-hydroxylation sites is 1. The van der Waals surface area contributed by atoms with E-state index in [2.05, 4.69) is 31.3 Å². The molecular weight excluding hydrogens is 398 g/mol. The molecule has 3 heterocycles. The first-order valence-electron chi connectivity index (χ1n) is 9.55. The van der Waals surface area contributed by atoms with Crippen LogP contribution in [0, 0.1) is 6.92 Å². The molecule has 0 saturated carbocycles. The summed E-state index contributed by atoms with van der Waals surface area (Å²) in [5.74, 6) is 1.59. The van der Waals surface area contributed by atoms with Crippen LogP contribution in [0.1, 0.15) is 16.7 Å². The average Bonchev–Trinajstić information content (AvgIpc) is 3.46. The maximum atomic E-state index is 5.96. The van der Waals surface area contributed by atoms with Gasteiger partial charge in [0.1, 0.15) is 22.0 Å². The van der Waals surface area contributed by atoms with E-state index in [9.17, 15) is 0 Å². The normalized spacial score (nSPS) is 11.6. The quantitative estimate of drug-likeness (QED) is 0.387. The van der Waals surface area contributed by atoms with Crippen molar-refractivity contribution in [3.8, 4) is 22.7 Å². The van der Waals surface area contributed by atoms with Crippen LogP contribution in [0.25, 0.3) is 32.9 Å². The molecule has 0 radical (unpaired) electrons. The molecule has 0 N–H and O–H groups in total. The first kappa shape index (κ1) is 18.7. The second kappa shape index (κ2) is 7.81. The Bertz CT molecular complexity index is 1260. The molecular formula is C22H19N5O2S. The molecule has 150 valence electrons. The van der Waals surface area contributed by atoms with Crippen LogP contribution < -0.4 is 0 Å². The van der Waals surface area contributed by atoms with Gasteiger partial charge in [-0.25, -0.2) is 4.98 Å². The third-order valence-electron chi connectivity index (χ3n) is 4.74. The average molecular weight is 417 g/mol. The van der Waals surface area contributed by atoms with E-state index < -0.39 is 0 Å². The Hall–Kier alpha value is -3.36. The number of nitrogens with zero attached hydrogens (tertiary/aromatic N) is 5. The molecule has 0 aliphatic heterocycles. The van der Waals surface area contributed by atoms with Crippen molar-refractivity contribution < 1.29 is 8.94 Å². The van der Waals surface area contributed by atoms with E-state index in [-0.39, 0.29) is 0 Å². The van der Waals surface area contributed by atoms with Gasteiger partial charge in [-0.3, -0.25) is 4.90 Å². The number of hydrogen-bond acceptors (Lipinski definition) is 8. The summed E-state index contributed by atoms with van der Waals surface area (Å²) >= 11 is 1.70. The standard InChI is InChI=1S/C22H19N5O2S/c1-14-20(21(26-29-14)15-8-4-3-5-9-15)22-25-24-18(28-22)12-27(2)13-19-23-16-10-6-7-11-17(16)30-19/h3-11H,12-13H2,1-2H3. The molecule has 0 bridgehead atoms. The SMILES string of the molecule is Cc1onc(-c2ccccc2)c1-c1nnc(CN(C)Cc2nc3ccccc3s2)o1. The van der Waals surface area contributed by atoms with Gasteiger partial charge in [-0.1, -0.05) is 47.6 Å². The third kappa shape index (κ3) is 3.62. The molecule has 5 rings (SSSR count). The molecule has 3 aromatic heterocycles. The molecule has 0 atom stereocenters. The highest BCUT2D eigenvalue weighted by Gasteiger charge is 2.22. The number of fused-ring (bicyclic) bond motifs is 1. The summed E-state index contributed by atoms with van der Waals surface area (Å²) in [7, 11) is 2.01. The zero-order chi connectivity index (χ0) is 20.5. The molecule has 0 spiro atoms. The number of thiazole rings is 1. The van der Waals surface area contributed by atoms with Crippen molar-refractivity contribution in [2.45, 2.75) is 20.0 Å². The fraction of sp³-hybridized carbons (Fsp3) is 0.182. The van der Waals surface area contributed by atoms with Gasteiger partial charge < -0.3 is 8.94 Å². The van der Waals surface area contributed by atoms with Gasteiger partial charge in [0.25, 0.3) is 5.89 Å². The predicted molar refractivity (Wildman–Crippen MR) is 115 cm³/mol. The predicted octanol–water partition coefficient (Wildman–Crippen LogP) is 4.94. The van der Waals surface area contributed by atoms with E-state index in [0.29, 0.717) is 36.3 Å². The van der Waals surface area contributed by atoms with Crippen LogP contribution in [-0.4, -0.2) is 32.3 Å². The number of aryl methyl sites for hydroxylation is 1. The Morgan fingerprint density at radius 3 is 2.60 bits per heavy atom. The Morgan fingerprint density at radius 2 is 1.77 bits per heavy atom. The number of rotatable bonds is 6. The van der Waals surface area contributed by atoms with E-state index >= 15 is 0 Å². The highest BCUT2D eigenvalue weighted by atomic mass is 32.1. The second-order valence-electron chi connectivity index (χ2n) is 7.08. The van der Waals surface area contributed by atoms with Gasteiger partial charge in [0.15, 0.2) is 0 Å². The lowest BCUT2D eigenvalue weighted by molar-refractivity contribution is 0.282. The molecule has 5 aromatic rings. The minimum atomic E-state index is 0.413. The summed E-state index contributed by atoms with van der Waals surface area (Å²) in [6, 6.07) is 18.0. The number of benzene rings is 2. The van der Waals surface area contributed by atoms with Crippen LogP contribution in [0.2, 0.25) is 0 Å². The van der Waals surface area contributed by atoms with E-state index in [1.54, 1.807) is 11.3 Å². The molecule has 30 heavy (non-hydrogen) atoms. The molecule has 0 unspecified atom stereocenters. The Balaban J connectivity index is 1.34. The van der Waals surface area contributed by atoms with Crippen molar-refractivity contribution in [3.63, 3.8) is 0 Å². The Kier molecular flexibility index (Phi) is 4.86. The van der Waals surface area contributed by atoms with E-state index in [1.807, 2.05) is 62.5 Å². The molecule has 0 saturated heterocycles. The summed E-state index contributed by atoms with van der Waals surface area (Å²) in [5.41, 5.74) is 3.40. The van der Waals surface area contributed by atoms with Gasteiger partial charge in [-0.2, -0.15) is 0 Å².